The van der Waals surface area contributed by atoms with Crippen LogP contribution in [0.15, 0.2) is 53.3 Å². The highest BCUT2D eigenvalue weighted by Gasteiger charge is 2.09. The highest BCUT2D eigenvalue weighted by Crippen LogP contribution is 2.13. The van der Waals surface area contributed by atoms with Crippen molar-refractivity contribution in [2.45, 2.75) is 19.9 Å². The van der Waals surface area contributed by atoms with E-state index in [2.05, 4.69) is 20.3 Å². The van der Waals surface area contributed by atoms with Gasteiger partial charge in [0.15, 0.2) is 5.82 Å². The van der Waals surface area contributed by atoms with Gasteiger partial charge in [0.2, 0.25) is 0 Å². The third-order valence-corrected chi connectivity index (χ3v) is 4.26. The number of aromatic amines is 1. The molecule has 0 atom stereocenters. The van der Waals surface area contributed by atoms with Crippen LogP contribution in [0, 0.1) is 0 Å². The summed E-state index contributed by atoms with van der Waals surface area (Å²) < 4.78 is 1.74. The maximum Gasteiger partial charge on any atom is 0.293 e. The molecule has 6 nitrogen and oxygen atoms in total. The number of benzene rings is 2. The first kappa shape index (κ1) is 15.4. The predicted molar refractivity (Wildman–Crippen MR) is 100.0 cm³/mol. The van der Waals surface area contributed by atoms with Crippen LogP contribution in [0.4, 0.5) is 5.82 Å². The van der Waals surface area contributed by atoms with Gasteiger partial charge in [0.25, 0.3) is 5.56 Å². The zero-order chi connectivity index (χ0) is 17.2. The van der Waals surface area contributed by atoms with Crippen LogP contribution < -0.4 is 10.9 Å². The zero-order valence-electron chi connectivity index (χ0n) is 14.0. The summed E-state index contributed by atoms with van der Waals surface area (Å²) in [5.74, 6) is 1.28. The van der Waals surface area contributed by atoms with E-state index < -0.39 is 0 Å². The highest BCUT2D eigenvalue weighted by atomic mass is 16.1. The number of aryl methyl sites for hydroxylation is 1. The van der Waals surface area contributed by atoms with E-state index in [-0.39, 0.29) is 5.56 Å². The third kappa shape index (κ3) is 2.87. The molecule has 0 aliphatic heterocycles. The van der Waals surface area contributed by atoms with Gasteiger partial charge in [0, 0.05) is 19.5 Å². The van der Waals surface area contributed by atoms with Crippen LogP contribution in [0.25, 0.3) is 22.1 Å². The molecule has 0 amide bonds. The van der Waals surface area contributed by atoms with Gasteiger partial charge in [-0.2, -0.15) is 0 Å². The largest absolute Gasteiger partial charge is 0.365 e. The summed E-state index contributed by atoms with van der Waals surface area (Å²) >= 11 is 0. The van der Waals surface area contributed by atoms with E-state index in [1.54, 1.807) is 4.57 Å². The molecule has 0 radical (unpaired) electrons. The third-order valence-electron chi connectivity index (χ3n) is 4.26. The molecule has 0 unspecified atom stereocenters. The summed E-state index contributed by atoms with van der Waals surface area (Å²) in [4.78, 5) is 24.9. The van der Waals surface area contributed by atoms with Crippen molar-refractivity contribution in [1.82, 2.24) is 19.5 Å². The smallest absolute Gasteiger partial charge is 0.293 e. The Balaban J connectivity index is 1.56. The number of nitrogens with zero attached hydrogens (tertiary/aromatic N) is 3. The van der Waals surface area contributed by atoms with Crippen LogP contribution in [-0.4, -0.2) is 26.1 Å². The number of hydrogen-bond acceptors (Lipinski definition) is 4. The minimum absolute atomic E-state index is 0.0918. The van der Waals surface area contributed by atoms with Gasteiger partial charge in [-0.25, -0.2) is 9.97 Å². The second-order valence-electron chi connectivity index (χ2n) is 5.88. The van der Waals surface area contributed by atoms with E-state index in [9.17, 15) is 4.79 Å². The predicted octanol–water partition coefficient (Wildman–Crippen LogP) is 2.95. The zero-order valence-corrected chi connectivity index (χ0v) is 14.0. The Morgan fingerprint density at radius 1 is 1.04 bits per heavy atom. The molecule has 0 aliphatic rings. The Morgan fingerprint density at radius 3 is 2.60 bits per heavy atom. The molecular weight excluding hydrogens is 314 g/mol. The van der Waals surface area contributed by atoms with Crippen molar-refractivity contribution >= 4 is 27.9 Å². The first-order valence-electron chi connectivity index (χ1n) is 8.43. The van der Waals surface area contributed by atoms with Crippen molar-refractivity contribution in [1.29, 1.82) is 0 Å². The lowest BCUT2D eigenvalue weighted by molar-refractivity contribution is 0.753. The van der Waals surface area contributed by atoms with Gasteiger partial charge in [0.05, 0.1) is 22.1 Å². The molecule has 4 rings (SSSR count). The van der Waals surface area contributed by atoms with Crippen LogP contribution in [0.2, 0.25) is 0 Å². The maximum atomic E-state index is 12.6. The quantitative estimate of drug-likeness (QED) is 0.589. The summed E-state index contributed by atoms with van der Waals surface area (Å²) in [7, 11) is 0. The van der Waals surface area contributed by atoms with Crippen LogP contribution in [0.5, 0.6) is 0 Å². The number of aromatic nitrogens is 4. The summed E-state index contributed by atoms with van der Waals surface area (Å²) in [6, 6.07) is 15.6. The van der Waals surface area contributed by atoms with Gasteiger partial charge in [-0.05, 0) is 31.2 Å². The topological polar surface area (TPSA) is 75.6 Å². The maximum absolute atomic E-state index is 12.6. The molecular formula is C19H19N5O. The molecule has 6 heteroatoms. The lowest BCUT2D eigenvalue weighted by Crippen LogP contribution is -2.25. The molecule has 2 heterocycles. The van der Waals surface area contributed by atoms with Gasteiger partial charge >= 0.3 is 0 Å². The molecule has 2 aromatic carbocycles. The van der Waals surface area contributed by atoms with Gasteiger partial charge in [-0.3, -0.25) is 4.79 Å². The molecule has 0 aliphatic carbocycles. The van der Waals surface area contributed by atoms with Crippen molar-refractivity contribution in [3.05, 3.63) is 64.7 Å². The summed E-state index contributed by atoms with van der Waals surface area (Å²) in [6.07, 6.45) is 0.689. The van der Waals surface area contributed by atoms with Crippen LogP contribution in [0.3, 0.4) is 0 Å². The van der Waals surface area contributed by atoms with Crippen molar-refractivity contribution in [2.75, 3.05) is 11.9 Å². The number of para-hydroxylation sites is 4. The van der Waals surface area contributed by atoms with E-state index in [1.807, 2.05) is 55.5 Å². The standard InChI is InChI=1S/C19H19N5O/c1-2-24-16-10-6-5-9-15(16)23-18(19(24)25)20-12-11-17-21-13-7-3-4-8-14(13)22-17/h3-10H,2,11-12H2,1H3,(H,20,23)(H,21,22). The van der Waals surface area contributed by atoms with Crippen LogP contribution >= 0.6 is 0 Å². The molecule has 0 fully saturated rings. The molecule has 0 saturated heterocycles. The van der Waals surface area contributed by atoms with Crippen molar-refractivity contribution in [3.8, 4) is 0 Å². The Bertz CT molecular complexity index is 1060. The van der Waals surface area contributed by atoms with E-state index >= 15 is 0 Å². The number of imidazole rings is 1. The number of rotatable bonds is 5. The molecule has 2 aromatic heterocycles. The normalized spacial score (nSPS) is 11.2. The number of H-pyrrole nitrogens is 1. The van der Waals surface area contributed by atoms with E-state index in [0.717, 1.165) is 27.9 Å². The Labute approximate surface area is 144 Å². The highest BCUT2D eigenvalue weighted by molar-refractivity contribution is 5.76. The number of anilines is 1. The fourth-order valence-electron chi connectivity index (χ4n) is 3.04. The van der Waals surface area contributed by atoms with Gasteiger partial charge < -0.3 is 14.9 Å². The molecule has 0 bridgehead atoms. The van der Waals surface area contributed by atoms with Gasteiger partial charge in [0.1, 0.15) is 5.82 Å². The van der Waals surface area contributed by atoms with Gasteiger partial charge in [-0.15, -0.1) is 0 Å². The summed E-state index contributed by atoms with van der Waals surface area (Å²) in [5, 5.41) is 3.17. The first-order valence-corrected chi connectivity index (χ1v) is 8.43. The molecule has 4 aromatic rings. The average molecular weight is 333 g/mol. The minimum Gasteiger partial charge on any atom is -0.365 e. The second-order valence-corrected chi connectivity index (χ2v) is 5.88. The molecule has 126 valence electrons. The minimum atomic E-state index is -0.0918. The first-order chi connectivity index (χ1) is 12.3. The average Bonchev–Trinajstić information content (AvgIpc) is 3.05. The fourth-order valence-corrected chi connectivity index (χ4v) is 3.04. The lowest BCUT2D eigenvalue weighted by Gasteiger charge is -2.11. The number of nitrogens with one attached hydrogen (secondary N) is 2. The van der Waals surface area contributed by atoms with Crippen LogP contribution in [0.1, 0.15) is 12.7 Å². The monoisotopic (exact) mass is 333 g/mol. The number of fused-ring (bicyclic) bond motifs is 2. The van der Waals surface area contributed by atoms with E-state index in [0.29, 0.717) is 25.3 Å². The summed E-state index contributed by atoms with van der Waals surface area (Å²) in [5.41, 5.74) is 3.56. The summed E-state index contributed by atoms with van der Waals surface area (Å²) in [6.45, 7) is 3.16. The van der Waals surface area contributed by atoms with Crippen LogP contribution in [-0.2, 0) is 13.0 Å². The molecule has 2 N–H and O–H groups in total. The van der Waals surface area contributed by atoms with E-state index in [1.165, 1.54) is 0 Å². The molecule has 0 saturated carbocycles. The van der Waals surface area contributed by atoms with Crippen molar-refractivity contribution in [3.63, 3.8) is 0 Å². The SMILES string of the molecule is CCn1c(=O)c(NCCc2nc3ccccc3[nH]2)nc2ccccc21. The van der Waals surface area contributed by atoms with Gasteiger partial charge in [-0.1, -0.05) is 24.3 Å². The Morgan fingerprint density at radius 2 is 1.80 bits per heavy atom. The number of hydrogen-bond donors (Lipinski definition) is 2. The molecule has 0 spiro atoms. The van der Waals surface area contributed by atoms with Crippen molar-refractivity contribution in [2.24, 2.45) is 0 Å². The lowest BCUT2D eigenvalue weighted by atomic mass is 10.3. The van der Waals surface area contributed by atoms with Crippen molar-refractivity contribution < 1.29 is 0 Å². The Kier molecular flexibility index (Phi) is 3.93. The fraction of sp³-hybridized carbons (Fsp3) is 0.211. The Hall–Kier alpha value is -3.15. The molecule has 25 heavy (non-hydrogen) atoms. The van der Waals surface area contributed by atoms with E-state index in [4.69, 9.17) is 0 Å². The second kappa shape index (κ2) is 6.39.